The van der Waals surface area contributed by atoms with E-state index in [9.17, 15) is 9.90 Å². The van der Waals surface area contributed by atoms with E-state index in [4.69, 9.17) is 28.9 Å². The highest BCUT2D eigenvalue weighted by Gasteiger charge is 2.29. The number of aromatic nitrogens is 2. The quantitative estimate of drug-likeness (QED) is 0.342. The summed E-state index contributed by atoms with van der Waals surface area (Å²) in [5.41, 5.74) is 5.27. The highest BCUT2D eigenvalue weighted by molar-refractivity contribution is 5.81. The third-order valence-corrected chi connectivity index (χ3v) is 7.39. The van der Waals surface area contributed by atoms with Gasteiger partial charge < -0.3 is 23.7 Å². The van der Waals surface area contributed by atoms with Crippen molar-refractivity contribution in [3.05, 3.63) is 53.7 Å². The van der Waals surface area contributed by atoms with Crippen LogP contribution >= 0.6 is 0 Å². The number of oxazole rings is 1. The van der Waals surface area contributed by atoms with Gasteiger partial charge in [0.05, 0.1) is 0 Å². The molecule has 6 rings (SSSR count). The number of fused-ring (bicyclic) bond motifs is 2. The summed E-state index contributed by atoms with van der Waals surface area (Å²) in [6.45, 7) is 3.92. The molecule has 204 valence electrons. The molecule has 2 aromatic carbocycles. The first-order valence-electron chi connectivity index (χ1n) is 13.3. The zero-order chi connectivity index (χ0) is 27.6. The molecule has 10 heteroatoms. The number of nitrogens with zero attached hydrogens (tertiary/aromatic N) is 4. The topological polar surface area (TPSA) is 131 Å². The molecule has 4 heterocycles. The van der Waals surface area contributed by atoms with Crippen LogP contribution in [0.15, 0.2) is 47.0 Å². The maximum absolute atomic E-state index is 11.9. The van der Waals surface area contributed by atoms with E-state index in [0.717, 1.165) is 40.8 Å². The fraction of sp³-hybridized carbons (Fsp3) is 0.333. The first-order valence-corrected chi connectivity index (χ1v) is 13.3. The molecule has 10 nitrogen and oxygen atoms in total. The lowest BCUT2D eigenvalue weighted by Crippen LogP contribution is -2.44. The van der Waals surface area contributed by atoms with Crippen LogP contribution in [-0.2, 0) is 11.3 Å². The number of aliphatic carboxylic acids is 1. The Morgan fingerprint density at radius 1 is 1.18 bits per heavy atom. The molecule has 0 spiro atoms. The van der Waals surface area contributed by atoms with E-state index in [1.807, 2.05) is 48.2 Å². The van der Waals surface area contributed by atoms with Crippen LogP contribution in [0.1, 0.15) is 30.4 Å². The number of hydrogen-bond acceptors (Lipinski definition) is 9. The van der Waals surface area contributed by atoms with Crippen molar-refractivity contribution in [1.29, 1.82) is 5.26 Å². The van der Waals surface area contributed by atoms with Gasteiger partial charge in [0.15, 0.2) is 23.7 Å². The number of carbonyl (C=O) groups is 1. The van der Waals surface area contributed by atoms with Gasteiger partial charge in [-0.2, -0.15) is 5.26 Å². The molecule has 0 amide bonds. The Labute approximate surface area is 230 Å². The summed E-state index contributed by atoms with van der Waals surface area (Å²) >= 11 is 0. The lowest BCUT2D eigenvalue weighted by atomic mass is 9.99. The highest BCUT2D eigenvalue weighted by atomic mass is 16.6. The van der Waals surface area contributed by atoms with Crippen molar-refractivity contribution < 1.29 is 28.5 Å². The maximum Gasteiger partial charge on any atom is 0.320 e. The largest absolute Gasteiger partial charge is 0.486 e. The second-order valence-corrected chi connectivity index (χ2v) is 9.90. The number of likely N-dealkylation sites (tertiary alicyclic amines) is 1. The van der Waals surface area contributed by atoms with Gasteiger partial charge in [-0.15, -0.1) is 0 Å². The predicted octanol–water partition coefficient (Wildman–Crippen LogP) is 4.98. The van der Waals surface area contributed by atoms with Crippen LogP contribution in [0, 0.1) is 18.3 Å². The molecule has 1 fully saturated rings. The first kappa shape index (κ1) is 25.6. The summed E-state index contributed by atoms with van der Waals surface area (Å²) in [5.74, 6) is 1.44. The summed E-state index contributed by atoms with van der Waals surface area (Å²) in [4.78, 5) is 23.1. The third kappa shape index (κ3) is 4.92. The zero-order valence-electron chi connectivity index (χ0n) is 22.1. The Morgan fingerprint density at radius 2 is 2.02 bits per heavy atom. The minimum atomic E-state index is -0.830. The number of benzene rings is 2. The molecule has 2 aromatic heterocycles. The number of hydrogen-bond donors (Lipinski definition) is 1. The Bertz CT molecular complexity index is 1620. The fourth-order valence-electron chi connectivity index (χ4n) is 5.42. The number of piperidine rings is 1. The van der Waals surface area contributed by atoms with Crippen LogP contribution in [-0.4, -0.2) is 58.4 Å². The van der Waals surface area contributed by atoms with E-state index in [2.05, 4.69) is 4.98 Å². The second kappa shape index (κ2) is 10.9. The van der Waals surface area contributed by atoms with Crippen molar-refractivity contribution in [2.45, 2.75) is 38.8 Å². The second-order valence-electron chi connectivity index (χ2n) is 9.90. The molecule has 0 unspecified atom stereocenters. The molecule has 1 saturated heterocycles. The van der Waals surface area contributed by atoms with Gasteiger partial charge in [0.25, 0.3) is 0 Å². The van der Waals surface area contributed by atoms with Crippen LogP contribution in [0.3, 0.4) is 0 Å². The Hall–Kier alpha value is -4.62. The van der Waals surface area contributed by atoms with E-state index in [-0.39, 0.29) is 6.61 Å². The Kier molecular flexibility index (Phi) is 6.97. The van der Waals surface area contributed by atoms with Gasteiger partial charge in [0.1, 0.15) is 42.3 Å². The summed E-state index contributed by atoms with van der Waals surface area (Å²) in [6.07, 6.45) is 4.14. The number of nitriles is 1. The SMILES string of the molecule is Cc1c(-c2ccc3c(c2)OCCO3)ccnc1-c1nc2cc(CN3CCCC[C@H]3C(=O)O)c(OCC#N)cc2o1. The van der Waals surface area contributed by atoms with Gasteiger partial charge >= 0.3 is 5.97 Å². The maximum atomic E-state index is 11.9. The number of carboxylic acids is 1. The average Bonchev–Trinajstić information content (AvgIpc) is 3.38. The minimum absolute atomic E-state index is 0.139. The van der Waals surface area contributed by atoms with Crippen molar-refractivity contribution in [2.75, 3.05) is 26.4 Å². The first-order chi connectivity index (χ1) is 19.5. The summed E-state index contributed by atoms with van der Waals surface area (Å²) in [7, 11) is 0. The zero-order valence-corrected chi connectivity index (χ0v) is 22.1. The Balaban J connectivity index is 1.36. The molecule has 40 heavy (non-hydrogen) atoms. The summed E-state index contributed by atoms with van der Waals surface area (Å²) < 4.78 is 23.3. The number of ether oxygens (including phenoxy) is 3. The standard InChI is InChI=1S/C30H28N4O6/c1-18-21(19-5-6-24-27(15-19)39-13-12-38-24)7-9-32-28(18)29-33-22-14-20(25(37-11-8-31)16-26(22)40-29)17-34-10-3-2-4-23(34)30(35)36/h5-7,9,14-16,23H,2-4,10-13,17H2,1H3,(H,35,36)/t23-/m0/s1. The van der Waals surface area contributed by atoms with Gasteiger partial charge in [0.2, 0.25) is 5.89 Å². The molecule has 0 radical (unpaired) electrons. The molecule has 0 aliphatic carbocycles. The molecule has 0 saturated carbocycles. The van der Waals surface area contributed by atoms with Crippen LogP contribution < -0.4 is 14.2 Å². The third-order valence-electron chi connectivity index (χ3n) is 7.39. The fourth-order valence-corrected chi connectivity index (χ4v) is 5.42. The number of rotatable bonds is 7. The number of carboxylic acid groups (broad SMARTS) is 1. The molecule has 1 N–H and O–H groups in total. The monoisotopic (exact) mass is 540 g/mol. The molecule has 4 aromatic rings. The molecule has 1 atom stereocenters. The predicted molar refractivity (Wildman–Crippen MR) is 145 cm³/mol. The lowest BCUT2D eigenvalue weighted by Gasteiger charge is -2.33. The molecule has 2 aliphatic heterocycles. The number of pyridine rings is 1. The average molecular weight is 541 g/mol. The molecular formula is C30H28N4O6. The van der Waals surface area contributed by atoms with Crippen molar-refractivity contribution in [3.63, 3.8) is 0 Å². The van der Waals surface area contributed by atoms with E-state index in [0.29, 0.717) is 66.9 Å². The van der Waals surface area contributed by atoms with Gasteiger partial charge in [-0.3, -0.25) is 14.7 Å². The van der Waals surface area contributed by atoms with Crippen molar-refractivity contribution in [1.82, 2.24) is 14.9 Å². The van der Waals surface area contributed by atoms with E-state index in [1.165, 1.54) is 0 Å². The van der Waals surface area contributed by atoms with Crippen molar-refractivity contribution in [2.24, 2.45) is 0 Å². The highest BCUT2D eigenvalue weighted by Crippen LogP contribution is 2.38. The minimum Gasteiger partial charge on any atom is -0.486 e. The lowest BCUT2D eigenvalue weighted by molar-refractivity contribution is -0.144. The van der Waals surface area contributed by atoms with Gasteiger partial charge in [-0.1, -0.05) is 12.5 Å². The molecule has 2 aliphatic rings. The van der Waals surface area contributed by atoms with Gasteiger partial charge in [-0.05, 0) is 67.3 Å². The van der Waals surface area contributed by atoms with Crippen molar-refractivity contribution >= 4 is 17.1 Å². The smallest absolute Gasteiger partial charge is 0.320 e. The summed E-state index contributed by atoms with van der Waals surface area (Å²) in [5, 5.41) is 18.8. The molecular weight excluding hydrogens is 512 g/mol. The van der Waals surface area contributed by atoms with Crippen LogP contribution in [0.25, 0.3) is 33.8 Å². The van der Waals surface area contributed by atoms with Gasteiger partial charge in [-0.25, -0.2) is 4.98 Å². The van der Waals surface area contributed by atoms with Crippen LogP contribution in [0.2, 0.25) is 0 Å². The van der Waals surface area contributed by atoms with Crippen molar-refractivity contribution in [3.8, 4) is 46.0 Å². The Morgan fingerprint density at radius 3 is 2.85 bits per heavy atom. The van der Waals surface area contributed by atoms with Crippen LogP contribution in [0.5, 0.6) is 17.2 Å². The van der Waals surface area contributed by atoms with Crippen LogP contribution in [0.4, 0.5) is 0 Å². The van der Waals surface area contributed by atoms with E-state index < -0.39 is 12.0 Å². The summed E-state index contributed by atoms with van der Waals surface area (Å²) in [6, 6.07) is 12.8. The normalized spacial score (nSPS) is 16.9. The van der Waals surface area contributed by atoms with E-state index >= 15 is 0 Å². The van der Waals surface area contributed by atoms with E-state index in [1.54, 1.807) is 12.3 Å². The molecule has 0 bridgehead atoms. The van der Waals surface area contributed by atoms with Gasteiger partial charge in [0, 0.05) is 24.4 Å².